The fraction of sp³-hybridized carbons (Fsp3) is 0.462. The van der Waals surface area contributed by atoms with Gasteiger partial charge in [-0.1, -0.05) is 26.8 Å². The van der Waals surface area contributed by atoms with Gasteiger partial charge in [-0.25, -0.2) is 0 Å². The van der Waals surface area contributed by atoms with E-state index >= 15 is 0 Å². The van der Waals surface area contributed by atoms with Crippen LogP contribution < -0.4 is 11.1 Å². The van der Waals surface area contributed by atoms with Crippen LogP contribution in [0, 0.1) is 8.99 Å². The number of hydrogen-bond donors (Lipinski definition) is 2. The molecule has 0 aliphatic carbocycles. The van der Waals surface area contributed by atoms with E-state index in [0.29, 0.717) is 6.42 Å². The minimum absolute atomic E-state index is 0.0329. The lowest BCUT2D eigenvalue weighted by Gasteiger charge is -2.26. The van der Waals surface area contributed by atoms with Crippen LogP contribution in [-0.2, 0) is 4.79 Å². The minimum atomic E-state index is -0.134. The third-order valence-electron chi connectivity index (χ3n) is 2.63. The van der Waals surface area contributed by atoms with Gasteiger partial charge in [-0.15, -0.1) is 0 Å². The molecular weight excluding hydrogens is 327 g/mol. The van der Waals surface area contributed by atoms with Gasteiger partial charge in [0.2, 0.25) is 5.91 Å². The lowest BCUT2D eigenvalue weighted by Crippen LogP contribution is -2.38. The van der Waals surface area contributed by atoms with Crippen LogP contribution in [0.1, 0.15) is 27.2 Å². The molecule has 0 spiro atoms. The third-order valence-corrected chi connectivity index (χ3v) is 3.30. The number of benzene rings is 1. The van der Waals surface area contributed by atoms with Crippen LogP contribution >= 0.6 is 22.6 Å². The van der Waals surface area contributed by atoms with Crippen LogP contribution in [-0.4, -0.2) is 11.9 Å². The first kappa shape index (κ1) is 14.4. The number of amides is 1. The monoisotopic (exact) mass is 346 g/mol. The van der Waals surface area contributed by atoms with Crippen molar-refractivity contribution in [3.8, 4) is 0 Å². The number of carbonyl (C=O) groups is 1. The Morgan fingerprint density at radius 2 is 2.12 bits per heavy atom. The lowest BCUT2D eigenvalue weighted by molar-refractivity contribution is -0.117. The van der Waals surface area contributed by atoms with Crippen molar-refractivity contribution in [2.24, 2.45) is 11.1 Å². The Balaban J connectivity index is 2.56. The fourth-order valence-electron chi connectivity index (χ4n) is 1.28. The van der Waals surface area contributed by atoms with Gasteiger partial charge in [0.1, 0.15) is 0 Å². The highest BCUT2D eigenvalue weighted by atomic mass is 127. The smallest absolute Gasteiger partial charge is 0.225 e. The minimum Gasteiger partial charge on any atom is -0.327 e. The second-order valence-electron chi connectivity index (χ2n) is 5.24. The predicted molar refractivity (Wildman–Crippen MR) is 79.8 cm³/mol. The van der Waals surface area contributed by atoms with Crippen molar-refractivity contribution in [1.29, 1.82) is 0 Å². The fourth-order valence-corrected chi connectivity index (χ4v) is 1.83. The average molecular weight is 346 g/mol. The summed E-state index contributed by atoms with van der Waals surface area (Å²) in [4.78, 5) is 11.8. The molecule has 0 aromatic heterocycles. The molecule has 0 radical (unpaired) electrons. The predicted octanol–water partition coefficient (Wildman–Crippen LogP) is 2.99. The van der Waals surface area contributed by atoms with E-state index in [1.807, 2.05) is 45.0 Å². The summed E-state index contributed by atoms with van der Waals surface area (Å²) in [7, 11) is 0. The van der Waals surface area contributed by atoms with Crippen molar-refractivity contribution in [1.82, 2.24) is 0 Å². The lowest BCUT2D eigenvalue weighted by atomic mass is 9.85. The number of carbonyl (C=O) groups excluding carboxylic acids is 1. The molecule has 1 aromatic carbocycles. The van der Waals surface area contributed by atoms with E-state index in [2.05, 4.69) is 27.9 Å². The summed E-state index contributed by atoms with van der Waals surface area (Å²) in [6.07, 6.45) is 0.342. The summed E-state index contributed by atoms with van der Waals surface area (Å²) < 4.78 is 1.10. The van der Waals surface area contributed by atoms with Crippen molar-refractivity contribution >= 4 is 34.2 Å². The summed E-state index contributed by atoms with van der Waals surface area (Å²) >= 11 is 2.21. The molecule has 1 rings (SSSR count). The van der Waals surface area contributed by atoms with Crippen LogP contribution in [0.4, 0.5) is 5.69 Å². The van der Waals surface area contributed by atoms with Crippen molar-refractivity contribution in [3.05, 3.63) is 27.8 Å². The van der Waals surface area contributed by atoms with Crippen LogP contribution in [0.2, 0.25) is 0 Å². The number of hydrogen-bond acceptors (Lipinski definition) is 2. The molecule has 94 valence electrons. The summed E-state index contributed by atoms with van der Waals surface area (Å²) in [5.41, 5.74) is 6.74. The summed E-state index contributed by atoms with van der Waals surface area (Å²) in [5, 5.41) is 2.86. The third kappa shape index (κ3) is 5.04. The maximum Gasteiger partial charge on any atom is 0.225 e. The van der Waals surface area contributed by atoms with Crippen molar-refractivity contribution in [2.75, 3.05) is 5.32 Å². The molecule has 0 heterocycles. The molecule has 0 fully saturated rings. The van der Waals surface area contributed by atoms with Gasteiger partial charge in [-0.05, 0) is 46.2 Å². The Kier molecular flexibility index (Phi) is 4.94. The van der Waals surface area contributed by atoms with Crippen LogP contribution in [0.15, 0.2) is 24.3 Å². The van der Waals surface area contributed by atoms with E-state index in [1.165, 1.54) is 0 Å². The van der Waals surface area contributed by atoms with Crippen molar-refractivity contribution in [3.63, 3.8) is 0 Å². The largest absolute Gasteiger partial charge is 0.327 e. The average Bonchev–Trinajstić information content (AvgIpc) is 2.15. The second-order valence-corrected chi connectivity index (χ2v) is 6.48. The number of anilines is 1. The molecule has 1 amide bonds. The quantitative estimate of drug-likeness (QED) is 0.827. The maximum atomic E-state index is 11.8. The number of rotatable bonds is 3. The number of nitrogens with two attached hydrogens (primary N) is 1. The molecule has 4 heteroatoms. The molecule has 0 aliphatic rings. The molecule has 1 aromatic rings. The number of nitrogens with one attached hydrogen (secondary N) is 1. The Hall–Kier alpha value is -0.620. The molecular formula is C13H19IN2O. The van der Waals surface area contributed by atoms with Gasteiger partial charge < -0.3 is 11.1 Å². The Labute approximate surface area is 116 Å². The van der Waals surface area contributed by atoms with Gasteiger partial charge in [-0.2, -0.15) is 0 Å². The standard InChI is InChI=1S/C13H19IN2O/c1-13(2,3)11(15)8-12(17)16-10-6-4-5-9(14)7-10/h4-7,11H,8,15H2,1-3H3,(H,16,17). The van der Waals surface area contributed by atoms with Gasteiger partial charge in [-0.3, -0.25) is 4.79 Å². The molecule has 0 saturated heterocycles. The first-order valence-electron chi connectivity index (χ1n) is 5.60. The molecule has 1 unspecified atom stereocenters. The summed E-state index contributed by atoms with van der Waals surface area (Å²) in [6.45, 7) is 6.11. The van der Waals surface area contributed by atoms with E-state index < -0.39 is 0 Å². The van der Waals surface area contributed by atoms with E-state index in [4.69, 9.17) is 5.73 Å². The van der Waals surface area contributed by atoms with E-state index in [9.17, 15) is 4.79 Å². The van der Waals surface area contributed by atoms with Crippen molar-refractivity contribution in [2.45, 2.75) is 33.2 Å². The van der Waals surface area contributed by atoms with Gasteiger partial charge in [0, 0.05) is 21.7 Å². The summed E-state index contributed by atoms with van der Waals surface area (Å²) in [5.74, 6) is -0.0329. The zero-order valence-corrected chi connectivity index (χ0v) is 12.6. The summed E-state index contributed by atoms with van der Waals surface area (Å²) in [6, 6.07) is 7.58. The van der Waals surface area contributed by atoms with Gasteiger partial charge in [0.15, 0.2) is 0 Å². The first-order chi connectivity index (χ1) is 7.79. The molecule has 17 heavy (non-hydrogen) atoms. The molecule has 1 atom stereocenters. The highest BCUT2D eigenvalue weighted by Crippen LogP contribution is 2.20. The van der Waals surface area contributed by atoms with Crippen LogP contribution in [0.5, 0.6) is 0 Å². The van der Waals surface area contributed by atoms with E-state index in [-0.39, 0.29) is 17.4 Å². The zero-order chi connectivity index (χ0) is 13.1. The molecule has 0 bridgehead atoms. The Morgan fingerprint density at radius 3 is 2.65 bits per heavy atom. The van der Waals surface area contributed by atoms with Crippen molar-refractivity contribution < 1.29 is 4.79 Å². The molecule has 0 saturated carbocycles. The molecule has 3 N–H and O–H groups in total. The number of halogens is 1. The maximum absolute atomic E-state index is 11.8. The highest BCUT2D eigenvalue weighted by molar-refractivity contribution is 14.1. The molecule has 3 nitrogen and oxygen atoms in total. The SMILES string of the molecule is CC(C)(C)C(N)CC(=O)Nc1cccc(I)c1. The van der Waals surface area contributed by atoms with Crippen LogP contribution in [0.25, 0.3) is 0 Å². The van der Waals surface area contributed by atoms with Gasteiger partial charge in [0.05, 0.1) is 0 Å². The molecule has 0 aliphatic heterocycles. The first-order valence-corrected chi connectivity index (χ1v) is 6.68. The Morgan fingerprint density at radius 1 is 1.47 bits per heavy atom. The normalized spacial score (nSPS) is 13.2. The van der Waals surface area contributed by atoms with E-state index in [0.717, 1.165) is 9.26 Å². The van der Waals surface area contributed by atoms with Gasteiger partial charge >= 0.3 is 0 Å². The Bertz CT molecular complexity index is 399. The van der Waals surface area contributed by atoms with Gasteiger partial charge in [0.25, 0.3) is 0 Å². The zero-order valence-electron chi connectivity index (χ0n) is 10.5. The second kappa shape index (κ2) is 5.82. The topological polar surface area (TPSA) is 55.1 Å². The van der Waals surface area contributed by atoms with Crippen LogP contribution in [0.3, 0.4) is 0 Å². The van der Waals surface area contributed by atoms with E-state index in [1.54, 1.807) is 0 Å². The highest BCUT2D eigenvalue weighted by Gasteiger charge is 2.23.